The molecule has 0 unspecified atom stereocenters. The second-order valence-electron chi connectivity index (χ2n) is 1.42. The standard InChI is InChI=1S/C5H6N2O.2ClH/c8-5-4-6-2-1-3-7-5;;/h1-3H,4H2,(H,7,8);2*1H. The number of nitrogens with one attached hydrogen (secondary N) is 1. The van der Waals surface area contributed by atoms with Crippen LogP contribution in [0.5, 0.6) is 0 Å². The lowest BCUT2D eigenvalue weighted by Gasteiger charge is -1.88. The van der Waals surface area contributed by atoms with E-state index in [0.29, 0.717) is 0 Å². The van der Waals surface area contributed by atoms with Crippen LogP contribution in [0.1, 0.15) is 0 Å². The third kappa shape index (κ3) is 4.35. The number of nitrogens with zero attached hydrogens (tertiary/aromatic N) is 1. The van der Waals surface area contributed by atoms with Crippen molar-refractivity contribution >= 4 is 36.9 Å². The molecule has 0 aromatic heterocycles. The minimum Gasteiger partial charge on any atom is -0.331 e. The smallest absolute Gasteiger partial charge is 0.245 e. The van der Waals surface area contributed by atoms with Gasteiger partial charge < -0.3 is 5.32 Å². The van der Waals surface area contributed by atoms with Crippen molar-refractivity contribution in [2.24, 2.45) is 4.99 Å². The summed E-state index contributed by atoms with van der Waals surface area (Å²) in [4.78, 5) is 14.1. The fraction of sp³-hybridized carbons (Fsp3) is 0.200. The molecule has 10 heavy (non-hydrogen) atoms. The van der Waals surface area contributed by atoms with Gasteiger partial charge in [-0.05, 0) is 6.08 Å². The van der Waals surface area contributed by atoms with E-state index >= 15 is 0 Å². The van der Waals surface area contributed by atoms with Crippen LogP contribution in [0.4, 0.5) is 0 Å². The van der Waals surface area contributed by atoms with Crippen LogP contribution in [0.15, 0.2) is 17.3 Å². The summed E-state index contributed by atoms with van der Waals surface area (Å²) in [5.41, 5.74) is 0. The fourth-order valence-electron chi connectivity index (χ4n) is 0.426. The van der Waals surface area contributed by atoms with Crippen LogP contribution in [0.3, 0.4) is 0 Å². The first-order chi connectivity index (χ1) is 3.89. The molecule has 0 aromatic carbocycles. The van der Waals surface area contributed by atoms with E-state index < -0.39 is 0 Å². The number of rotatable bonds is 0. The maximum absolute atomic E-state index is 10.4. The maximum Gasteiger partial charge on any atom is 0.245 e. The summed E-state index contributed by atoms with van der Waals surface area (Å²) in [6.07, 6.45) is 4.85. The summed E-state index contributed by atoms with van der Waals surface area (Å²) in [7, 11) is 0. The molecule has 1 rings (SSSR count). The van der Waals surface area contributed by atoms with Gasteiger partial charge in [0.25, 0.3) is 0 Å². The van der Waals surface area contributed by atoms with Gasteiger partial charge in [0.2, 0.25) is 5.91 Å². The normalized spacial score (nSPS) is 14.2. The van der Waals surface area contributed by atoms with Crippen molar-refractivity contribution in [2.75, 3.05) is 6.54 Å². The minimum atomic E-state index is -0.0602. The number of carbonyl (C=O) groups is 1. The number of hydrogen-bond donors (Lipinski definition) is 1. The van der Waals surface area contributed by atoms with Gasteiger partial charge in [-0.3, -0.25) is 9.79 Å². The topological polar surface area (TPSA) is 41.5 Å². The Kier molecular flexibility index (Phi) is 8.00. The van der Waals surface area contributed by atoms with Crippen molar-refractivity contribution in [3.05, 3.63) is 12.3 Å². The van der Waals surface area contributed by atoms with Gasteiger partial charge in [-0.25, -0.2) is 0 Å². The van der Waals surface area contributed by atoms with Crippen molar-refractivity contribution in [2.45, 2.75) is 0 Å². The van der Waals surface area contributed by atoms with Gasteiger partial charge in [0.05, 0.1) is 0 Å². The molecule has 0 atom stereocenters. The lowest BCUT2D eigenvalue weighted by atomic mass is 10.6. The Morgan fingerprint density at radius 2 is 2.20 bits per heavy atom. The zero-order valence-corrected chi connectivity index (χ0v) is 6.74. The third-order valence-corrected chi connectivity index (χ3v) is 0.767. The second kappa shape index (κ2) is 6.58. The van der Waals surface area contributed by atoms with Gasteiger partial charge in [0.1, 0.15) is 6.54 Å². The Morgan fingerprint density at radius 1 is 1.50 bits per heavy atom. The van der Waals surface area contributed by atoms with Crippen LogP contribution in [0.25, 0.3) is 0 Å². The Hall–Kier alpha value is -0.540. The van der Waals surface area contributed by atoms with Crippen LogP contribution in [-0.2, 0) is 4.79 Å². The van der Waals surface area contributed by atoms with E-state index in [2.05, 4.69) is 10.3 Å². The average molecular weight is 183 g/mol. The second-order valence-corrected chi connectivity index (χ2v) is 1.42. The van der Waals surface area contributed by atoms with E-state index in [-0.39, 0.29) is 37.3 Å². The van der Waals surface area contributed by atoms with Crippen LogP contribution >= 0.6 is 24.8 Å². The van der Waals surface area contributed by atoms with Crippen molar-refractivity contribution in [1.82, 2.24) is 5.32 Å². The Morgan fingerprint density at radius 3 is 2.90 bits per heavy atom. The molecule has 0 saturated heterocycles. The highest BCUT2D eigenvalue weighted by Gasteiger charge is 1.94. The molecule has 58 valence electrons. The van der Waals surface area contributed by atoms with E-state index in [0.717, 1.165) is 0 Å². The summed E-state index contributed by atoms with van der Waals surface area (Å²) < 4.78 is 0. The predicted molar refractivity (Wildman–Crippen MR) is 45.1 cm³/mol. The van der Waals surface area contributed by atoms with Crippen LogP contribution < -0.4 is 5.32 Å². The van der Waals surface area contributed by atoms with Crippen molar-refractivity contribution in [1.29, 1.82) is 0 Å². The van der Waals surface area contributed by atoms with Gasteiger partial charge in [0, 0.05) is 12.4 Å². The molecule has 3 nitrogen and oxygen atoms in total. The number of aliphatic imine (C=N–C) groups is 1. The Bertz CT molecular complexity index is 140. The molecule has 1 N–H and O–H groups in total. The molecule has 0 bridgehead atoms. The monoisotopic (exact) mass is 182 g/mol. The molecule has 1 heterocycles. The number of carbonyl (C=O) groups excluding carboxylic acids is 1. The summed E-state index contributed by atoms with van der Waals surface area (Å²) in [5.74, 6) is -0.0602. The molecule has 0 aromatic rings. The van der Waals surface area contributed by atoms with Crippen LogP contribution in [-0.4, -0.2) is 18.7 Å². The van der Waals surface area contributed by atoms with Crippen molar-refractivity contribution in [3.8, 4) is 0 Å². The molecular formula is C5H8Cl2N2O. The number of halogens is 2. The molecule has 0 saturated carbocycles. The summed E-state index contributed by atoms with van der Waals surface area (Å²) in [6, 6.07) is 0. The van der Waals surface area contributed by atoms with Crippen LogP contribution in [0, 0.1) is 0 Å². The highest BCUT2D eigenvalue weighted by Crippen LogP contribution is 1.76. The molecule has 0 fully saturated rings. The molecule has 5 heteroatoms. The van der Waals surface area contributed by atoms with E-state index in [4.69, 9.17) is 0 Å². The number of allylic oxidation sites excluding steroid dienone is 1. The van der Waals surface area contributed by atoms with E-state index in [1.54, 1.807) is 18.5 Å². The van der Waals surface area contributed by atoms with Gasteiger partial charge >= 0.3 is 0 Å². The largest absolute Gasteiger partial charge is 0.331 e. The summed E-state index contributed by atoms with van der Waals surface area (Å²) >= 11 is 0. The highest BCUT2D eigenvalue weighted by molar-refractivity contribution is 5.85. The minimum absolute atomic E-state index is 0. The number of hydrogen-bond acceptors (Lipinski definition) is 2. The average Bonchev–Trinajstić information content (AvgIpc) is 1.94. The van der Waals surface area contributed by atoms with E-state index in [9.17, 15) is 4.79 Å². The molecule has 1 aliphatic rings. The Labute approximate surface area is 71.4 Å². The lowest BCUT2D eigenvalue weighted by Crippen LogP contribution is -2.18. The van der Waals surface area contributed by atoms with Crippen molar-refractivity contribution in [3.63, 3.8) is 0 Å². The molecule has 0 spiro atoms. The first-order valence-corrected chi connectivity index (χ1v) is 2.34. The third-order valence-electron chi connectivity index (χ3n) is 0.767. The first kappa shape index (κ1) is 12.2. The van der Waals surface area contributed by atoms with E-state index in [1.165, 1.54) is 0 Å². The molecule has 1 amide bonds. The molecule has 0 aliphatic carbocycles. The quantitative estimate of drug-likeness (QED) is 0.585. The summed E-state index contributed by atoms with van der Waals surface area (Å²) in [6.45, 7) is 0.243. The first-order valence-electron chi connectivity index (χ1n) is 2.34. The van der Waals surface area contributed by atoms with Gasteiger partial charge in [-0.1, -0.05) is 0 Å². The lowest BCUT2D eigenvalue weighted by molar-refractivity contribution is -0.118. The zero-order chi connectivity index (χ0) is 5.82. The van der Waals surface area contributed by atoms with Gasteiger partial charge in [-0.2, -0.15) is 0 Å². The zero-order valence-electron chi connectivity index (χ0n) is 5.11. The molecular weight excluding hydrogens is 175 g/mol. The molecule has 0 radical (unpaired) electrons. The van der Waals surface area contributed by atoms with Crippen LogP contribution in [0.2, 0.25) is 0 Å². The maximum atomic E-state index is 10.4. The highest BCUT2D eigenvalue weighted by atomic mass is 35.5. The Balaban J connectivity index is 0. The van der Waals surface area contributed by atoms with Gasteiger partial charge in [-0.15, -0.1) is 24.8 Å². The van der Waals surface area contributed by atoms with Crippen molar-refractivity contribution < 1.29 is 4.79 Å². The number of amides is 1. The fourth-order valence-corrected chi connectivity index (χ4v) is 0.426. The SMILES string of the molecule is Cl.Cl.O=C1CN=CC=CN1. The van der Waals surface area contributed by atoms with Gasteiger partial charge in [0.15, 0.2) is 0 Å². The predicted octanol–water partition coefficient (Wildman–Crippen LogP) is 0.544. The van der Waals surface area contributed by atoms with E-state index in [1.807, 2.05) is 0 Å². The molecule has 1 aliphatic heterocycles. The summed E-state index contributed by atoms with van der Waals surface area (Å²) in [5, 5.41) is 2.50.